The third-order valence-corrected chi connectivity index (χ3v) is 6.79. The van der Waals surface area contributed by atoms with Crippen LogP contribution in [0, 0.1) is 0 Å². The van der Waals surface area contributed by atoms with Crippen molar-refractivity contribution < 1.29 is 8.42 Å². The molecule has 0 amide bonds. The number of anilines is 1. The van der Waals surface area contributed by atoms with Gasteiger partial charge < -0.3 is 0 Å². The van der Waals surface area contributed by atoms with Crippen molar-refractivity contribution in [3.8, 4) is 5.69 Å². The zero-order chi connectivity index (χ0) is 21.1. The van der Waals surface area contributed by atoms with E-state index in [1.165, 1.54) is 10.6 Å². The molecule has 0 aliphatic heterocycles. The molecule has 0 aliphatic rings. The maximum atomic E-state index is 13.6. The molecule has 0 saturated heterocycles. The molecule has 4 rings (SSSR count). The third-order valence-electron chi connectivity index (χ3n) is 4.72. The minimum Gasteiger partial charge on any atom is -0.281 e. The number of unbranched alkanes of at least 4 members (excludes halogenated alkanes) is 1. The second-order valence-electron chi connectivity index (χ2n) is 6.72. The summed E-state index contributed by atoms with van der Waals surface area (Å²) >= 11 is 6.29. The Morgan fingerprint density at radius 2 is 1.90 bits per heavy atom. The highest BCUT2D eigenvalue weighted by atomic mass is 35.5. The van der Waals surface area contributed by atoms with Crippen LogP contribution >= 0.6 is 11.6 Å². The smallest absolute Gasteiger partial charge is 0.264 e. The average molecular weight is 442 g/mol. The highest BCUT2D eigenvalue weighted by molar-refractivity contribution is 7.92. The van der Waals surface area contributed by atoms with Gasteiger partial charge in [0.05, 0.1) is 22.5 Å². The minimum absolute atomic E-state index is 0.236. The summed E-state index contributed by atoms with van der Waals surface area (Å²) in [7, 11) is -3.78. The Kier molecular flexibility index (Phi) is 5.69. The van der Waals surface area contributed by atoms with Crippen LogP contribution in [0.2, 0.25) is 5.02 Å². The van der Waals surface area contributed by atoms with E-state index >= 15 is 0 Å². The number of hydrogen-bond acceptors (Lipinski definition) is 5. The van der Waals surface area contributed by atoms with E-state index in [1.807, 2.05) is 6.92 Å². The zero-order valence-corrected chi connectivity index (χ0v) is 17.9. The Hall–Kier alpha value is -2.97. The maximum Gasteiger partial charge on any atom is 0.264 e. The van der Waals surface area contributed by atoms with Gasteiger partial charge in [0, 0.05) is 11.6 Å². The van der Waals surface area contributed by atoms with Crippen molar-refractivity contribution >= 4 is 38.5 Å². The van der Waals surface area contributed by atoms with Gasteiger partial charge in [-0.25, -0.2) is 23.4 Å². The summed E-state index contributed by atoms with van der Waals surface area (Å²) in [6, 6.07) is 13.6. The molecule has 0 radical (unpaired) electrons. The molecular weight excluding hydrogens is 422 g/mol. The summed E-state index contributed by atoms with van der Waals surface area (Å²) in [5, 5.41) is 0.484. The summed E-state index contributed by atoms with van der Waals surface area (Å²) in [4.78, 5) is 12.9. The lowest BCUT2D eigenvalue weighted by Gasteiger charge is -2.27. The highest BCUT2D eigenvalue weighted by Crippen LogP contribution is 2.33. The van der Waals surface area contributed by atoms with Crippen LogP contribution in [0.15, 0.2) is 72.3 Å². The van der Waals surface area contributed by atoms with Crippen molar-refractivity contribution in [2.45, 2.75) is 24.7 Å². The van der Waals surface area contributed by atoms with E-state index in [9.17, 15) is 8.42 Å². The zero-order valence-electron chi connectivity index (χ0n) is 16.3. The second kappa shape index (κ2) is 8.41. The van der Waals surface area contributed by atoms with Gasteiger partial charge >= 0.3 is 0 Å². The lowest BCUT2D eigenvalue weighted by Crippen LogP contribution is -2.33. The molecule has 0 N–H and O–H groups in total. The van der Waals surface area contributed by atoms with Gasteiger partial charge in [0.25, 0.3) is 10.0 Å². The van der Waals surface area contributed by atoms with Gasteiger partial charge in [0.1, 0.15) is 18.2 Å². The monoisotopic (exact) mass is 441 g/mol. The number of hydrogen-bond donors (Lipinski definition) is 0. The van der Waals surface area contributed by atoms with Crippen LogP contribution in [0.1, 0.15) is 19.8 Å². The first kappa shape index (κ1) is 20.3. The quantitative estimate of drug-likeness (QED) is 0.422. The van der Waals surface area contributed by atoms with Crippen molar-refractivity contribution in [3.05, 3.63) is 72.4 Å². The molecule has 0 aliphatic carbocycles. The molecule has 0 unspecified atom stereocenters. The van der Waals surface area contributed by atoms with Crippen LogP contribution in [0.25, 0.3) is 16.9 Å². The minimum atomic E-state index is -3.78. The van der Waals surface area contributed by atoms with E-state index in [0.717, 1.165) is 6.42 Å². The first-order chi connectivity index (χ1) is 14.5. The summed E-state index contributed by atoms with van der Waals surface area (Å²) in [5.41, 5.74) is 2.27. The van der Waals surface area contributed by atoms with Crippen LogP contribution < -0.4 is 4.31 Å². The van der Waals surface area contributed by atoms with Crippen LogP contribution in [0.3, 0.4) is 0 Å². The van der Waals surface area contributed by atoms with Crippen molar-refractivity contribution in [2.24, 2.45) is 0 Å². The van der Waals surface area contributed by atoms with E-state index in [0.29, 0.717) is 40.5 Å². The highest BCUT2D eigenvalue weighted by Gasteiger charge is 2.27. The number of imidazole rings is 1. The standard InChI is InChI=1S/C21H20ClN5O2S/c1-2-3-11-27(30(28,29)17-7-5-4-6-8-17)19-10-9-16(22)12-20(19)26-15-25-18-13-23-14-24-21(18)26/h4-10,12-15H,2-3,11H2,1H3. The van der Waals surface area contributed by atoms with Gasteiger partial charge in [0.15, 0.2) is 5.65 Å². The van der Waals surface area contributed by atoms with E-state index in [4.69, 9.17) is 11.6 Å². The van der Waals surface area contributed by atoms with E-state index in [1.54, 1.807) is 65.6 Å². The number of sulfonamides is 1. The third kappa shape index (κ3) is 3.76. The van der Waals surface area contributed by atoms with Gasteiger partial charge in [-0.2, -0.15) is 0 Å². The predicted molar refractivity (Wildman–Crippen MR) is 118 cm³/mol. The largest absolute Gasteiger partial charge is 0.281 e. The van der Waals surface area contributed by atoms with Gasteiger partial charge in [-0.15, -0.1) is 0 Å². The predicted octanol–water partition coefficient (Wildman–Crippen LogP) is 4.46. The summed E-state index contributed by atoms with van der Waals surface area (Å²) in [6.45, 7) is 2.36. The summed E-state index contributed by atoms with van der Waals surface area (Å²) < 4.78 is 30.3. The number of halogens is 1. The fourth-order valence-corrected chi connectivity index (χ4v) is 4.94. The fraction of sp³-hybridized carbons (Fsp3) is 0.190. The lowest BCUT2D eigenvalue weighted by molar-refractivity contribution is 0.588. The van der Waals surface area contributed by atoms with Gasteiger partial charge in [-0.05, 0) is 36.8 Å². The molecule has 2 heterocycles. The number of fused-ring (bicyclic) bond motifs is 1. The van der Waals surface area contributed by atoms with Crippen molar-refractivity contribution in [1.29, 1.82) is 0 Å². The van der Waals surface area contributed by atoms with Gasteiger partial charge in [-0.1, -0.05) is 43.1 Å². The van der Waals surface area contributed by atoms with Crippen LogP contribution in [-0.4, -0.2) is 34.5 Å². The van der Waals surface area contributed by atoms with Crippen LogP contribution in [-0.2, 0) is 10.0 Å². The summed E-state index contributed by atoms with van der Waals surface area (Å²) in [6.07, 6.45) is 6.20. The van der Waals surface area contributed by atoms with E-state index < -0.39 is 10.0 Å². The van der Waals surface area contributed by atoms with E-state index in [-0.39, 0.29) is 4.90 Å². The van der Waals surface area contributed by atoms with Gasteiger partial charge in [-0.3, -0.25) is 8.87 Å². The first-order valence-electron chi connectivity index (χ1n) is 9.53. The Morgan fingerprint density at radius 1 is 1.10 bits per heavy atom. The number of aromatic nitrogens is 4. The molecule has 2 aromatic heterocycles. The lowest BCUT2D eigenvalue weighted by atomic mass is 10.2. The first-order valence-corrected chi connectivity index (χ1v) is 11.3. The van der Waals surface area contributed by atoms with E-state index in [2.05, 4.69) is 15.0 Å². The molecule has 0 atom stereocenters. The SMILES string of the molecule is CCCCN(c1ccc(Cl)cc1-n1cnc2cncnc21)S(=O)(=O)c1ccccc1. The van der Waals surface area contributed by atoms with Crippen LogP contribution in [0.4, 0.5) is 5.69 Å². The topological polar surface area (TPSA) is 81.0 Å². The van der Waals surface area contributed by atoms with Gasteiger partial charge in [0.2, 0.25) is 0 Å². The molecule has 30 heavy (non-hydrogen) atoms. The Morgan fingerprint density at radius 3 is 2.67 bits per heavy atom. The molecule has 4 aromatic rings. The molecule has 0 bridgehead atoms. The van der Waals surface area contributed by atoms with Crippen molar-refractivity contribution in [2.75, 3.05) is 10.8 Å². The molecular formula is C21H20ClN5O2S. The molecule has 154 valence electrons. The Labute approximate surface area is 180 Å². The van der Waals surface area contributed by atoms with Crippen LogP contribution in [0.5, 0.6) is 0 Å². The Bertz CT molecular complexity index is 1280. The number of nitrogens with zero attached hydrogens (tertiary/aromatic N) is 5. The number of rotatable bonds is 7. The molecule has 0 saturated carbocycles. The van der Waals surface area contributed by atoms with Crippen molar-refractivity contribution in [1.82, 2.24) is 19.5 Å². The molecule has 0 spiro atoms. The normalized spacial score (nSPS) is 11.7. The van der Waals surface area contributed by atoms with Crippen molar-refractivity contribution in [3.63, 3.8) is 0 Å². The average Bonchev–Trinajstić information content (AvgIpc) is 3.19. The molecule has 9 heteroatoms. The molecule has 7 nitrogen and oxygen atoms in total. The number of benzene rings is 2. The fourth-order valence-electron chi connectivity index (χ4n) is 3.24. The second-order valence-corrected chi connectivity index (χ2v) is 9.02. The maximum absolute atomic E-state index is 13.6. The molecule has 0 fully saturated rings. The summed E-state index contributed by atoms with van der Waals surface area (Å²) in [5.74, 6) is 0. The Balaban J connectivity index is 1.92. The molecule has 2 aromatic carbocycles.